The van der Waals surface area contributed by atoms with E-state index in [1.165, 1.54) is 0 Å². The Morgan fingerprint density at radius 1 is 1.36 bits per heavy atom. The van der Waals surface area contributed by atoms with E-state index in [1.807, 2.05) is 6.92 Å². The maximum absolute atomic E-state index is 12.9. The summed E-state index contributed by atoms with van der Waals surface area (Å²) in [4.78, 5) is 0. The van der Waals surface area contributed by atoms with Gasteiger partial charge in [0.25, 0.3) is 0 Å². The lowest BCUT2D eigenvalue weighted by molar-refractivity contribution is 0.312. The summed E-state index contributed by atoms with van der Waals surface area (Å²) < 4.78 is 31.0. The quantitative estimate of drug-likeness (QED) is 0.693. The third-order valence-corrected chi connectivity index (χ3v) is 2.23. The molecule has 1 aromatic carbocycles. The van der Waals surface area contributed by atoms with Crippen LogP contribution in [0.4, 0.5) is 14.5 Å². The summed E-state index contributed by atoms with van der Waals surface area (Å²) in [5.74, 6) is -1.35. The van der Waals surface area contributed by atoms with Gasteiger partial charge in [0.2, 0.25) is 0 Å². The average Bonchev–Trinajstić information content (AvgIpc) is 2.28. The molecule has 14 heavy (non-hydrogen) atoms. The third kappa shape index (κ3) is 1.64. The predicted molar refractivity (Wildman–Crippen MR) is 49.6 cm³/mol. The molecule has 0 amide bonds. The number of benzene rings is 1. The van der Waals surface area contributed by atoms with Gasteiger partial charge in [0.15, 0.2) is 11.6 Å². The zero-order valence-corrected chi connectivity index (χ0v) is 7.81. The lowest BCUT2D eigenvalue weighted by atomic mass is 10.2. The Hall–Kier alpha value is -1.32. The van der Waals surface area contributed by atoms with Gasteiger partial charge in [-0.25, -0.2) is 8.78 Å². The lowest BCUT2D eigenvalue weighted by Crippen LogP contribution is -2.14. The van der Waals surface area contributed by atoms with Crippen LogP contribution in [0.25, 0.3) is 0 Å². The van der Waals surface area contributed by atoms with Crippen molar-refractivity contribution < 1.29 is 13.5 Å². The highest BCUT2D eigenvalue weighted by molar-refractivity contribution is 5.57. The van der Waals surface area contributed by atoms with Crippen molar-refractivity contribution in [2.24, 2.45) is 0 Å². The van der Waals surface area contributed by atoms with Crippen molar-refractivity contribution in [2.45, 2.75) is 19.4 Å². The fourth-order valence-electron chi connectivity index (χ4n) is 1.44. The first kappa shape index (κ1) is 9.24. The Morgan fingerprint density at radius 3 is 2.86 bits per heavy atom. The molecule has 0 saturated heterocycles. The molecular weight excluding hydrogens is 188 g/mol. The van der Waals surface area contributed by atoms with E-state index in [-0.39, 0.29) is 6.04 Å². The van der Waals surface area contributed by atoms with Gasteiger partial charge in [-0.05, 0) is 6.92 Å². The number of anilines is 1. The number of halogens is 2. The summed E-state index contributed by atoms with van der Waals surface area (Å²) in [6, 6.07) is 2.42. The van der Waals surface area contributed by atoms with E-state index in [0.29, 0.717) is 18.0 Å². The number of hydrogen-bond acceptors (Lipinski definition) is 2. The van der Waals surface area contributed by atoms with E-state index in [4.69, 9.17) is 4.74 Å². The Balaban J connectivity index is 2.41. The minimum Gasteiger partial charge on any atom is -0.491 e. The van der Waals surface area contributed by atoms with E-state index < -0.39 is 11.6 Å². The highest BCUT2D eigenvalue weighted by atomic mass is 19.2. The highest BCUT2D eigenvalue weighted by Crippen LogP contribution is 2.30. The van der Waals surface area contributed by atoms with Gasteiger partial charge in [0.05, 0.1) is 12.3 Å². The van der Waals surface area contributed by atoms with Crippen LogP contribution in [0.1, 0.15) is 13.3 Å². The van der Waals surface area contributed by atoms with Crippen molar-refractivity contribution in [3.8, 4) is 5.75 Å². The Bertz CT molecular complexity index is 354. The first-order valence-electron chi connectivity index (χ1n) is 4.55. The molecular formula is C10H11F2NO. The molecule has 1 unspecified atom stereocenters. The van der Waals surface area contributed by atoms with Crippen molar-refractivity contribution in [2.75, 3.05) is 11.9 Å². The van der Waals surface area contributed by atoms with Gasteiger partial charge in [0.1, 0.15) is 5.75 Å². The maximum atomic E-state index is 12.9. The highest BCUT2D eigenvalue weighted by Gasteiger charge is 2.16. The largest absolute Gasteiger partial charge is 0.491 e. The number of ether oxygens (including phenoxy) is 1. The van der Waals surface area contributed by atoms with Crippen LogP contribution in [-0.4, -0.2) is 12.6 Å². The molecule has 0 bridgehead atoms. The molecule has 1 aliphatic heterocycles. The zero-order valence-electron chi connectivity index (χ0n) is 7.81. The standard InChI is InChI=1S/C10H11F2NO/c1-6-2-3-14-10-5-8(12)7(11)4-9(10)13-6/h4-6,13H,2-3H2,1H3. The van der Waals surface area contributed by atoms with Crippen LogP contribution < -0.4 is 10.1 Å². The summed E-state index contributed by atoms with van der Waals surface area (Å²) >= 11 is 0. The summed E-state index contributed by atoms with van der Waals surface area (Å²) in [6.07, 6.45) is 0.817. The molecule has 0 saturated carbocycles. The molecule has 0 spiro atoms. The van der Waals surface area contributed by atoms with Gasteiger partial charge in [-0.2, -0.15) is 0 Å². The molecule has 4 heteroatoms. The molecule has 1 heterocycles. The van der Waals surface area contributed by atoms with E-state index in [9.17, 15) is 8.78 Å². The first-order chi connectivity index (χ1) is 6.66. The minimum atomic E-state index is -0.875. The van der Waals surface area contributed by atoms with Gasteiger partial charge in [0, 0.05) is 24.6 Å². The van der Waals surface area contributed by atoms with Crippen LogP contribution in [0.3, 0.4) is 0 Å². The van der Waals surface area contributed by atoms with Crippen molar-refractivity contribution in [3.05, 3.63) is 23.8 Å². The minimum absolute atomic E-state index is 0.209. The monoisotopic (exact) mass is 199 g/mol. The van der Waals surface area contributed by atoms with Crippen LogP contribution in [0.2, 0.25) is 0 Å². The van der Waals surface area contributed by atoms with Gasteiger partial charge in [-0.15, -0.1) is 0 Å². The van der Waals surface area contributed by atoms with Crippen LogP contribution in [0.15, 0.2) is 12.1 Å². The second kappa shape index (κ2) is 3.44. The smallest absolute Gasteiger partial charge is 0.162 e. The van der Waals surface area contributed by atoms with Crippen LogP contribution in [-0.2, 0) is 0 Å². The summed E-state index contributed by atoms with van der Waals surface area (Å²) in [7, 11) is 0. The molecule has 0 aliphatic carbocycles. The summed E-state index contributed by atoms with van der Waals surface area (Å²) in [5.41, 5.74) is 0.522. The van der Waals surface area contributed by atoms with E-state index in [1.54, 1.807) is 0 Å². The molecule has 1 atom stereocenters. The van der Waals surface area contributed by atoms with E-state index in [0.717, 1.165) is 18.6 Å². The molecule has 0 fully saturated rings. The fourth-order valence-corrected chi connectivity index (χ4v) is 1.44. The van der Waals surface area contributed by atoms with E-state index >= 15 is 0 Å². The molecule has 1 N–H and O–H groups in total. The Labute approximate surface area is 80.9 Å². The van der Waals surface area contributed by atoms with Gasteiger partial charge >= 0.3 is 0 Å². The molecule has 2 nitrogen and oxygen atoms in total. The molecule has 76 valence electrons. The van der Waals surface area contributed by atoms with Crippen LogP contribution >= 0.6 is 0 Å². The van der Waals surface area contributed by atoms with Gasteiger partial charge < -0.3 is 10.1 Å². The van der Waals surface area contributed by atoms with Crippen LogP contribution in [0.5, 0.6) is 5.75 Å². The predicted octanol–water partition coefficient (Wildman–Crippen LogP) is 2.55. The first-order valence-corrected chi connectivity index (χ1v) is 4.55. The van der Waals surface area contributed by atoms with Crippen LogP contribution in [0, 0.1) is 11.6 Å². The number of nitrogens with one attached hydrogen (secondary N) is 1. The zero-order chi connectivity index (χ0) is 10.1. The van der Waals surface area contributed by atoms with Crippen molar-refractivity contribution in [3.63, 3.8) is 0 Å². The molecule has 0 aromatic heterocycles. The molecule has 1 aliphatic rings. The third-order valence-electron chi connectivity index (χ3n) is 2.23. The van der Waals surface area contributed by atoms with Crippen molar-refractivity contribution in [1.29, 1.82) is 0 Å². The topological polar surface area (TPSA) is 21.3 Å². The molecule has 1 aromatic rings. The normalized spacial score (nSPS) is 20.4. The fraction of sp³-hybridized carbons (Fsp3) is 0.400. The van der Waals surface area contributed by atoms with Crippen molar-refractivity contribution >= 4 is 5.69 Å². The molecule has 2 rings (SSSR count). The van der Waals surface area contributed by atoms with Gasteiger partial charge in [-0.3, -0.25) is 0 Å². The summed E-state index contributed by atoms with van der Waals surface area (Å²) in [6.45, 7) is 2.49. The average molecular weight is 199 g/mol. The number of rotatable bonds is 0. The number of fused-ring (bicyclic) bond motifs is 1. The maximum Gasteiger partial charge on any atom is 0.162 e. The lowest BCUT2D eigenvalue weighted by Gasteiger charge is -2.11. The number of hydrogen-bond donors (Lipinski definition) is 1. The van der Waals surface area contributed by atoms with Gasteiger partial charge in [-0.1, -0.05) is 0 Å². The molecule has 0 radical (unpaired) electrons. The Morgan fingerprint density at radius 2 is 2.07 bits per heavy atom. The second-order valence-corrected chi connectivity index (χ2v) is 3.44. The van der Waals surface area contributed by atoms with Crippen molar-refractivity contribution in [1.82, 2.24) is 0 Å². The van der Waals surface area contributed by atoms with E-state index in [2.05, 4.69) is 5.32 Å². The SMILES string of the molecule is CC1CCOc2cc(F)c(F)cc2N1. The second-order valence-electron chi connectivity index (χ2n) is 3.44. The Kier molecular flexibility index (Phi) is 2.27. The summed E-state index contributed by atoms with van der Waals surface area (Å²) in [5, 5.41) is 3.06.